The van der Waals surface area contributed by atoms with E-state index in [1.807, 2.05) is 24.3 Å². The van der Waals surface area contributed by atoms with Crippen LogP contribution in [0.2, 0.25) is 0 Å². The number of ether oxygens (including phenoxy) is 1. The van der Waals surface area contributed by atoms with Crippen molar-refractivity contribution in [3.05, 3.63) is 65.7 Å². The Morgan fingerprint density at radius 2 is 1.91 bits per heavy atom. The second-order valence-corrected chi connectivity index (χ2v) is 4.51. The van der Waals surface area contributed by atoms with Crippen LogP contribution < -0.4 is 15.8 Å². The Balaban J connectivity index is 2.08. The number of nitrogens with two attached hydrogens (primary N) is 1. The molecule has 22 heavy (non-hydrogen) atoms. The fraction of sp³-hybridized carbons (Fsp3) is 0.0588. The number of primary amides is 1. The molecule has 0 aliphatic rings. The molecular weight excluding hydrogens is 280 g/mol. The number of amides is 2. The molecule has 0 aliphatic heterocycles. The minimum atomic E-state index is -0.541. The van der Waals surface area contributed by atoms with Gasteiger partial charge in [-0.1, -0.05) is 24.3 Å². The zero-order chi connectivity index (χ0) is 15.9. The maximum atomic E-state index is 11.9. The summed E-state index contributed by atoms with van der Waals surface area (Å²) in [5.41, 5.74) is 6.84. The summed E-state index contributed by atoms with van der Waals surface area (Å²) in [6.07, 6.45) is 3.06. The lowest BCUT2D eigenvalue weighted by Gasteiger charge is -2.05. The van der Waals surface area contributed by atoms with E-state index in [4.69, 9.17) is 10.5 Å². The SMILES string of the molecule is COc1ccccc1/C=C/C(=O)Nc1cccc(C(N)=O)c1. The van der Waals surface area contributed by atoms with Gasteiger partial charge in [-0.05, 0) is 30.3 Å². The van der Waals surface area contributed by atoms with Gasteiger partial charge in [0.25, 0.3) is 0 Å². The summed E-state index contributed by atoms with van der Waals surface area (Å²) in [5.74, 6) is -0.171. The van der Waals surface area contributed by atoms with Crippen LogP contribution in [0, 0.1) is 0 Å². The molecule has 0 atom stereocenters. The third-order valence-electron chi connectivity index (χ3n) is 2.97. The number of hydrogen-bond donors (Lipinski definition) is 2. The number of carbonyl (C=O) groups is 2. The van der Waals surface area contributed by atoms with E-state index in [1.165, 1.54) is 12.1 Å². The fourth-order valence-electron chi connectivity index (χ4n) is 1.90. The monoisotopic (exact) mass is 296 g/mol. The largest absolute Gasteiger partial charge is 0.496 e. The average molecular weight is 296 g/mol. The zero-order valence-electron chi connectivity index (χ0n) is 12.1. The van der Waals surface area contributed by atoms with Gasteiger partial charge in [-0.2, -0.15) is 0 Å². The summed E-state index contributed by atoms with van der Waals surface area (Å²) in [5, 5.41) is 2.67. The van der Waals surface area contributed by atoms with E-state index in [1.54, 1.807) is 31.4 Å². The fourth-order valence-corrected chi connectivity index (χ4v) is 1.90. The Morgan fingerprint density at radius 1 is 1.14 bits per heavy atom. The number of hydrogen-bond acceptors (Lipinski definition) is 3. The van der Waals surface area contributed by atoms with Crippen LogP contribution in [0.5, 0.6) is 5.75 Å². The van der Waals surface area contributed by atoms with E-state index in [9.17, 15) is 9.59 Å². The molecule has 0 radical (unpaired) electrons. The first-order chi connectivity index (χ1) is 10.6. The Labute approximate surface area is 128 Å². The van der Waals surface area contributed by atoms with E-state index in [0.717, 1.165) is 5.56 Å². The quantitative estimate of drug-likeness (QED) is 0.831. The molecule has 3 N–H and O–H groups in total. The number of carbonyl (C=O) groups excluding carboxylic acids is 2. The molecule has 2 rings (SSSR count). The van der Waals surface area contributed by atoms with Crippen LogP contribution in [-0.2, 0) is 4.79 Å². The lowest BCUT2D eigenvalue weighted by atomic mass is 10.1. The van der Waals surface area contributed by atoms with E-state index < -0.39 is 5.91 Å². The van der Waals surface area contributed by atoms with Crippen molar-refractivity contribution < 1.29 is 14.3 Å². The molecule has 0 fully saturated rings. The number of rotatable bonds is 5. The predicted molar refractivity (Wildman–Crippen MR) is 85.6 cm³/mol. The van der Waals surface area contributed by atoms with Crippen molar-refractivity contribution in [2.75, 3.05) is 12.4 Å². The van der Waals surface area contributed by atoms with Gasteiger partial charge in [0.05, 0.1) is 7.11 Å². The first-order valence-corrected chi connectivity index (χ1v) is 6.62. The number of nitrogens with one attached hydrogen (secondary N) is 1. The highest BCUT2D eigenvalue weighted by Crippen LogP contribution is 2.18. The van der Waals surface area contributed by atoms with Crippen LogP contribution in [0.3, 0.4) is 0 Å². The van der Waals surface area contributed by atoms with Gasteiger partial charge in [0.1, 0.15) is 5.75 Å². The van der Waals surface area contributed by atoms with Crippen molar-refractivity contribution in [1.29, 1.82) is 0 Å². The molecule has 2 aromatic carbocycles. The minimum Gasteiger partial charge on any atom is -0.496 e. The van der Waals surface area contributed by atoms with E-state index in [-0.39, 0.29) is 5.91 Å². The smallest absolute Gasteiger partial charge is 0.248 e. The van der Waals surface area contributed by atoms with Crippen molar-refractivity contribution in [1.82, 2.24) is 0 Å². The molecule has 0 spiro atoms. The van der Waals surface area contributed by atoms with Crippen LogP contribution in [0.1, 0.15) is 15.9 Å². The molecular formula is C17H16N2O3. The molecule has 2 amide bonds. The Morgan fingerprint density at radius 3 is 2.64 bits per heavy atom. The summed E-state index contributed by atoms with van der Waals surface area (Å²) in [4.78, 5) is 23.0. The first-order valence-electron chi connectivity index (χ1n) is 6.62. The second kappa shape index (κ2) is 7.08. The standard InChI is InChI=1S/C17H16N2O3/c1-22-15-8-3-2-5-12(15)9-10-16(20)19-14-7-4-6-13(11-14)17(18)21/h2-11H,1H3,(H2,18,21)(H,19,20)/b10-9+. The molecule has 0 heterocycles. The highest BCUT2D eigenvalue weighted by Gasteiger charge is 2.03. The lowest BCUT2D eigenvalue weighted by molar-refractivity contribution is -0.111. The highest BCUT2D eigenvalue weighted by molar-refractivity contribution is 6.03. The van der Waals surface area contributed by atoms with Crippen molar-refractivity contribution in [2.24, 2.45) is 5.73 Å². The summed E-state index contributed by atoms with van der Waals surface area (Å²) in [7, 11) is 1.57. The van der Waals surface area contributed by atoms with Crippen LogP contribution in [0.4, 0.5) is 5.69 Å². The van der Waals surface area contributed by atoms with Crippen molar-refractivity contribution in [3.8, 4) is 5.75 Å². The number of para-hydroxylation sites is 1. The van der Waals surface area contributed by atoms with Gasteiger partial charge in [0.2, 0.25) is 11.8 Å². The lowest BCUT2D eigenvalue weighted by Crippen LogP contribution is -2.12. The van der Waals surface area contributed by atoms with Gasteiger partial charge < -0.3 is 15.8 Å². The van der Waals surface area contributed by atoms with Crippen molar-refractivity contribution in [2.45, 2.75) is 0 Å². The average Bonchev–Trinajstić information content (AvgIpc) is 2.53. The van der Waals surface area contributed by atoms with Gasteiger partial charge >= 0.3 is 0 Å². The van der Waals surface area contributed by atoms with Gasteiger partial charge in [0.15, 0.2) is 0 Å². The molecule has 0 aliphatic carbocycles. The van der Waals surface area contributed by atoms with Gasteiger partial charge in [0, 0.05) is 22.9 Å². The summed E-state index contributed by atoms with van der Waals surface area (Å²) in [6, 6.07) is 13.8. The second-order valence-electron chi connectivity index (χ2n) is 4.51. The molecule has 0 saturated carbocycles. The molecule has 0 aromatic heterocycles. The highest BCUT2D eigenvalue weighted by atomic mass is 16.5. The number of methoxy groups -OCH3 is 1. The molecule has 2 aromatic rings. The Hall–Kier alpha value is -3.08. The molecule has 112 valence electrons. The van der Waals surface area contributed by atoms with Gasteiger partial charge in [-0.3, -0.25) is 9.59 Å². The Kier molecular flexibility index (Phi) is 4.93. The third-order valence-corrected chi connectivity index (χ3v) is 2.97. The van der Waals surface area contributed by atoms with Crippen molar-refractivity contribution >= 4 is 23.6 Å². The van der Waals surface area contributed by atoms with E-state index >= 15 is 0 Å². The maximum absolute atomic E-state index is 11.9. The van der Waals surface area contributed by atoms with Crippen LogP contribution >= 0.6 is 0 Å². The third kappa shape index (κ3) is 3.96. The maximum Gasteiger partial charge on any atom is 0.248 e. The predicted octanol–water partition coefficient (Wildman–Crippen LogP) is 2.45. The zero-order valence-corrected chi connectivity index (χ0v) is 12.1. The number of anilines is 1. The van der Waals surface area contributed by atoms with Crippen LogP contribution in [0.25, 0.3) is 6.08 Å². The normalized spacial score (nSPS) is 10.4. The molecule has 0 unspecified atom stereocenters. The first kappa shape index (κ1) is 15.3. The van der Waals surface area contributed by atoms with E-state index in [0.29, 0.717) is 17.0 Å². The topological polar surface area (TPSA) is 81.4 Å². The summed E-state index contributed by atoms with van der Waals surface area (Å²) >= 11 is 0. The van der Waals surface area contributed by atoms with Crippen molar-refractivity contribution in [3.63, 3.8) is 0 Å². The van der Waals surface area contributed by atoms with Crippen LogP contribution in [0.15, 0.2) is 54.6 Å². The molecule has 0 bridgehead atoms. The minimum absolute atomic E-state index is 0.312. The summed E-state index contributed by atoms with van der Waals surface area (Å²) in [6.45, 7) is 0. The van der Waals surface area contributed by atoms with Crippen LogP contribution in [-0.4, -0.2) is 18.9 Å². The number of benzene rings is 2. The summed E-state index contributed by atoms with van der Waals surface area (Å²) < 4.78 is 5.20. The molecule has 0 saturated heterocycles. The van der Waals surface area contributed by atoms with Gasteiger partial charge in [-0.25, -0.2) is 0 Å². The molecule has 5 nitrogen and oxygen atoms in total. The van der Waals surface area contributed by atoms with E-state index in [2.05, 4.69) is 5.32 Å². The molecule has 5 heteroatoms. The van der Waals surface area contributed by atoms with Gasteiger partial charge in [-0.15, -0.1) is 0 Å². The Bertz CT molecular complexity index is 723.